The fourth-order valence-electron chi connectivity index (χ4n) is 2.71. The Balaban J connectivity index is 1.35. The number of benzene rings is 2. The maximum Gasteiger partial charge on any atom is 0.230 e. The number of aryl methyl sites for hydroxylation is 1. The highest BCUT2D eigenvalue weighted by Crippen LogP contribution is 2.29. The summed E-state index contributed by atoms with van der Waals surface area (Å²) in [5.74, 6) is 0.230. The van der Waals surface area contributed by atoms with Gasteiger partial charge in [0.25, 0.3) is 0 Å². The first-order valence-corrected chi connectivity index (χ1v) is 10.3. The van der Waals surface area contributed by atoms with Crippen LogP contribution in [0.3, 0.4) is 0 Å². The van der Waals surface area contributed by atoms with Crippen molar-refractivity contribution in [3.63, 3.8) is 0 Å². The lowest BCUT2D eigenvalue weighted by Gasteiger charge is -2.00. The smallest absolute Gasteiger partial charge is 0.230 e. The second kappa shape index (κ2) is 8.12. The van der Waals surface area contributed by atoms with E-state index in [2.05, 4.69) is 15.5 Å². The summed E-state index contributed by atoms with van der Waals surface area (Å²) in [5, 5.41) is 12.3. The number of nitrogens with one attached hydrogen (secondary N) is 1. The lowest BCUT2D eigenvalue weighted by atomic mass is 10.1. The Hall–Kier alpha value is -2.71. The summed E-state index contributed by atoms with van der Waals surface area (Å²) in [6, 6.07) is 12.3. The molecule has 1 N–H and O–H groups in total. The number of carbonyl (C=O) groups is 1. The summed E-state index contributed by atoms with van der Waals surface area (Å²) in [6.45, 7) is 2.00. The Morgan fingerprint density at radius 2 is 2.04 bits per heavy atom. The van der Waals surface area contributed by atoms with Crippen LogP contribution in [0.2, 0.25) is 0 Å². The third kappa shape index (κ3) is 4.40. The first kappa shape index (κ1) is 18.6. The van der Waals surface area contributed by atoms with Crippen LogP contribution >= 0.6 is 23.1 Å². The summed E-state index contributed by atoms with van der Waals surface area (Å²) >= 11 is 2.81. The molecule has 0 saturated carbocycles. The van der Waals surface area contributed by atoms with Gasteiger partial charge in [-0.1, -0.05) is 47.4 Å². The molecule has 0 saturated heterocycles. The maximum absolute atomic E-state index is 12.9. The fourth-order valence-corrected chi connectivity index (χ4v) is 4.43. The average Bonchev–Trinajstić information content (AvgIpc) is 3.28. The van der Waals surface area contributed by atoms with Crippen LogP contribution in [0.4, 0.5) is 9.52 Å². The van der Waals surface area contributed by atoms with Gasteiger partial charge in [-0.05, 0) is 36.2 Å². The van der Waals surface area contributed by atoms with Crippen LogP contribution in [-0.4, -0.2) is 16.1 Å². The van der Waals surface area contributed by atoms with Crippen molar-refractivity contribution in [1.29, 1.82) is 0 Å². The number of aromatic nitrogens is 2. The molecule has 0 bridgehead atoms. The Morgan fingerprint density at radius 3 is 2.86 bits per heavy atom. The fraction of sp³-hybridized carbons (Fsp3) is 0.150. The van der Waals surface area contributed by atoms with Crippen molar-refractivity contribution < 1.29 is 13.6 Å². The van der Waals surface area contributed by atoms with Gasteiger partial charge in [0.05, 0.1) is 12.7 Å². The van der Waals surface area contributed by atoms with Crippen LogP contribution in [0.25, 0.3) is 11.0 Å². The maximum atomic E-state index is 12.9. The summed E-state index contributed by atoms with van der Waals surface area (Å²) in [6.07, 6.45) is 1.82. The molecule has 2 heterocycles. The lowest BCUT2D eigenvalue weighted by molar-refractivity contribution is -0.115. The molecule has 0 aliphatic heterocycles. The van der Waals surface area contributed by atoms with E-state index in [1.54, 1.807) is 18.4 Å². The first-order valence-electron chi connectivity index (χ1n) is 8.54. The molecule has 1 amide bonds. The monoisotopic (exact) mass is 413 g/mol. The predicted molar refractivity (Wildman–Crippen MR) is 109 cm³/mol. The molecule has 0 radical (unpaired) electrons. The van der Waals surface area contributed by atoms with Gasteiger partial charge in [0, 0.05) is 16.7 Å². The molecule has 8 heteroatoms. The lowest BCUT2D eigenvalue weighted by Crippen LogP contribution is -2.13. The van der Waals surface area contributed by atoms with Crippen molar-refractivity contribution in [2.24, 2.45) is 0 Å². The summed E-state index contributed by atoms with van der Waals surface area (Å²) in [7, 11) is 0. The van der Waals surface area contributed by atoms with Crippen molar-refractivity contribution in [1.82, 2.24) is 10.2 Å². The van der Waals surface area contributed by atoms with Gasteiger partial charge in [0.2, 0.25) is 11.0 Å². The number of carbonyl (C=O) groups excluding carboxylic acids is 1. The van der Waals surface area contributed by atoms with E-state index in [9.17, 15) is 9.18 Å². The first-order chi connectivity index (χ1) is 13.6. The number of rotatable bonds is 6. The van der Waals surface area contributed by atoms with Gasteiger partial charge >= 0.3 is 0 Å². The van der Waals surface area contributed by atoms with Crippen molar-refractivity contribution in [2.45, 2.75) is 23.4 Å². The van der Waals surface area contributed by atoms with Gasteiger partial charge < -0.3 is 9.73 Å². The molecule has 0 atom stereocenters. The summed E-state index contributed by atoms with van der Waals surface area (Å²) < 4.78 is 19.2. The zero-order chi connectivity index (χ0) is 19.5. The van der Waals surface area contributed by atoms with Gasteiger partial charge in [-0.2, -0.15) is 0 Å². The zero-order valence-corrected chi connectivity index (χ0v) is 16.6. The molecule has 4 rings (SSSR count). The van der Waals surface area contributed by atoms with Crippen LogP contribution in [0, 0.1) is 12.7 Å². The van der Waals surface area contributed by atoms with E-state index >= 15 is 0 Å². The Bertz CT molecular complexity index is 1120. The molecule has 0 spiro atoms. The number of amides is 1. The minimum atomic E-state index is -0.254. The van der Waals surface area contributed by atoms with E-state index in [1.807, 2.05) is 25.1 Å². The minimum Gasteiger partial charge on any atom is -0.464 e. The number of fused-ring (bicyclic) bond motifs is 1. The standard InChI is InChI=1S/C20H16FN3O2S2/c1-12-2-7-16-14(10-26-17(16)8-12)9-18(25)22-19-23-24-20(28-19)27-11-13-3-5-15(21)6-4-13/h2-8,10H,9,11H2,1H3,(H,22,23,25). The van der Waals surface area contributed by atoms with Gasteiger partial charge in [-0.3, -0.25) is 4.79 Å². The Morgan fingerprint density at radius 1 is 1.21 bits per heavy atom. The number of hydrogen-bond acceptors (Lipinski definition) is 6. The Labute approximate surface area is 169 Å². The highest BCUT2D eigenvalue weighted by atomic mass is 32.2. The van der Waals surface area contributed by atoms with E-state index in [0.29, 0.717) is 10.9 Å². The van der Waals surface area contributed by atoms with E-state index < -0.39 is 0 Å². The highest BCUT2D eigenvalue weighted by molar-refractivity contribution is 8.00. The predicted octanol–water partition coefficient (Wildman–Crippen LogP) is 5.21. The number of thioether (sulfide) groups is 1. The quantitative estimate of drug-likeness (QED) is 0.347. The molecular weight excluding hydrogens is 397 g/mol. The van der Waals surface area contributed by atoms with Gasteiger partial charge in [-0.25, -0.2) is 4.39 Å². The molecule has 0 aliphatic rings. The van der Waals surface area contributed by atoms with Gasteiger partial charge in [-0.15, -0.1) is 10.2 Å². The van der Waals surface area contributed by atoms with Gasteiger partial charge in [0.15, 0.2) is 4.34 Å². The van der Waals surface area contributed by atoms with E-state index in [0.717, 1.165) is 32.0 Å². The summed E-state index contributed by atoms with van der Waals surface area (Å²) in [5.41, 5.74) is 3.72. The molecule has 0 fully saturated rings. The van der Waals surface area contributed by atoms with Crippen LogP contribution in [0.5, 0.6) is 0 Å². The number of anilines is 1. The van der Waals surface area contributed by atoms with Crippen LogP contribution < -0.4 is 5.32 Å². The van der Waals surface area contributed by atoms with Crippen molar-refractivity contribution in [2.75, 3.05) is 5.32 Å². The third-order valence-electron chi connectivity index (χ3n) is 4.09. The molecule has 28 heavy (non-hydrogen) atoms. The van der Waals surface area contributed by atoms with Crippen LogP contribution in [0.15, 0.2) is 57.5 Å². The molecule has 0 aliphatic carbocycles. The molecule has 4 aromatic rings. The van der Waals surface area contributed by atoms with Crippen LogP contribution in [-0.2, 0) is 17.0 Å². The van der Waals surface area contributed by atoms with Crippen molar-refractivity contribution in [3.8, 4) is 0 Å². The molecular formula is C20H16FN3O2S2. The normalized spacial score (nSPS) is 11.1. The van der Waals surface area contributed by atoms with E-state index in [4.69, 9.17) is 4.42 Å². The van der Waals surface area contributed by atoms with Crippen molar-refractivity contribution in [3.05, 3.63) is 71.2 Å². The molecule has 2 aromatic carbocycles. The third-order valence-corrected chi connectivity index (χ3v) is 6.13. The topological polar surface area (TPSA) is 68.0 Å². The van der Waals surface area contributed by atoms with Crippen LogP contribution in [0.1, 0.15) is 16.7 Å². The molecule has 5 nitrogen and oxygen atoms in total. The van der Waals surface area contributed by atoms with E-state index in [1.165, 1.54) is 35.2 Å². The summed E-state index contributed by atoms with van der Waals surface area (Å²) in [4.78, 5) is 12.4. The van der Waals surface area contributed by atoms with Crippen molar-refractivity contribution >= 4 is 45.1 Å². The Kier molecular flexibility index (Phi) is 5.40. The van der Waals surface area contributed by atoms with E-state index in [-0.39, 0.29) is 18.1 Å². The molecule has 142 valence electrons. The largest absolute Gasteiger partial charge is 0.464 e. The van der Waals surface area contributed by atoms with Gasteiger partial charge in [0.1, 0.15) is 11.4 Å². The number of nitrogens with zero attached hydrogens (tertiary/aromatic N) is 2. The average molecular weight is 413 g/mol. The SMILES string of the molecule is Cc1ccc2c(CC(=O)Nc3nnc(SCc4ccc(F)cc4)s3)coc2c1. The second-order valence-electron chi connectivity index (χ2n) is 6.27. The highest BCUT2D eigenvalue weighted by Gasteiger charge is 2.13. The second-order valence-corrected chi connectivity index (χ2v) is 8.47. The minimum absolute atomic E-state index is 0.172. The zero-order valence-electron chi connectivity index (χ0n) is 14.9. The number of halogens is 1. The number of furan rings is 1. The molecule has 0 unspecified atom stereocenters. The number of hydrogen-bond donors (Lipinski definition) is 1. The molecule has 2 aromatic heterocycles.